The summed E-state index contributed by atoms with van der Waals surface area (Å²) in [6.45, 7) is 2.24. The van der Waals surface area contributed by atoms with Gasteiger partial charge in [-0.15, -0.1) is 0 Å². The minimum Gasteiger partial charge on any atom is -0.457 e. The van der Waals surface area contributed by atoms with Gasteiger partial charge in [0, 0.05) is 25.1 Å². The van der Waals surface area contributed by atoms with Crippen molar-refractivity contribution in [2.45, 2.75) is 32.1 Å². The standard InChI is InChI=1S/C22H22N2O5/c1-14(25)23-17-8-9-18(19(12-17)24-15(2)26)20(27)13-29-21(28)22(10-11-22)16-6-4-3-5-7-16/h3-9,12H,10-11,13H2,1-2H3,(H,23,25)(H,24,26). The molecular formula is C22H22N2O5. The highest BCUT2D eigenvalue weighted by atomic mass is 16.5. The smallest absolute Gasteiger partial charge is 0.317 e. The van der Waals surface area contributed by atoms with Crippen LogP contribution in [-0.4, -0.2) is 30.2 Å². The number of hydrogen-bond donors (Lipinski definition) is 2. The molecule has 2 N–H and O–H groups in total. The molecule has 2 amide bonds. The second kappa shape index (κ2) is 8.26. The third kappa shape index (κ3) is 4.68. The number of ether oxygens (including phenoxy) is 1. The highest BCUT2D eigenvalue weighted by Gasteiger charge is 2.52. The number of carbonyl (C=O) groups excluding carboxylic acids is 4. The van der Waals surface area contributed by atoms with Crippen molar-refractivity contribution in [3.8, 4) is 0 Å². The fourth-order valence-electron chi connectivity index (χ4n) is 3.20. The van der Waals surface area contributed by atoms with Gasteiger partial charge in [-0.25, -0.2) is 0 Å². The summed E-state index contributed by atoms with van der Waals surface area (Å²) >= 11 is 0. The third-order valence-electron chi connectivity index (χ3n) is 4.75. The lowest BCUT2D eigenvalue weighted by atomic mass is 9.96. The van der Waals surface area contributed by atoms with E-state index < -0.39 is 23.8 Å². The van der Waals surface area contributed by atoms with Crippen LogP contribution in [0, 0.1) is 0 Å². The van der Waals surface area contributed by atoms with Crippen LogP contribution in [-0.2, 0) is 24.5 Å². The number of rotatable bonds is 7. The maximum atomic E-state index is 12.7. The molecule has 29 heavy (non-hydrogen) atoms. The number of benzene rings is 2. The Morgan fingerprint density at radius 2 is 1.59 bits per heavy atom. The maximum absolute atomic E-state index is 12.7. The van der Waals surface area contributed by atoms with Gasteiger partial charge in [-0.1, -0.05) is 30.3 Å². The average Bonchev–Trinajstić information content (AvgIpc) is 3.48. The zero-order valence-electron chi connectivity index (χ0n) is 16.3. The first-order valence-electron chi connectivity index (χ1n) is 9.27. The summed E-state index contributed by atoms with van der Waals surface area (Å²) in [5.74, 6) is -1.51. The van der Waals surface area contributed by atoms with Gasteiger partial charge in [0.2, 0.25) is 17.6 Å². The van der Waals surface area contributed by atoms with Gasteiger partial charge in [0.25, 0.3) is 0 Å². The van der Waals surface area contributed by atoms with Crippen LogP contribution in [0.3, 0.4) is 0 Å². The zero-order valence-corrected chi connectivity index (χ0v) is 16.3. The molecule has 0 aromatic heterocycles. The molecule has 7 heteroatoms. The van der Waals surface area contributed by atoms with Crippen molar-refractivity contribution in [2.75, 3.05) is 17.2 Å². The van der Waals surface area contributed by atoms with Crippen LogP contribution >= 0.6 is 0 Å². The number of amides is 2. The molecule has 7 nitrogen and oxygen atoms in total. The molecule has 1 saturated carbocycles. The van der Waals surface area contributed by atoms with Crippen LogP contribution in [0.1, 0.15) is 42.6 Å². The van der Waals surface area contributed by atoms with Crippen LogP contribution < -0.4 is 10.6 Å². The van der Waals surface area contributed by atoms with Crippen LogP contribution in [0.2, 0.25) is 0 Å². The number of anilines is 2. The molecule has 0 bridgehead atoms. The molecule has 0 unspecified atom stereocenters. The van der Waals surface area contributed by atoms with Gasteiger partial charge in [-0.2, -0.15) is 0 Å². The molecule has 0 spiro atoms. The van der Waals surface area contributed by atoms with Gasteiger partial charge in [-0.3, -0.25) is 19.2 Å². The number of nitrogens with one attached hydrogen (secondary N) is 2. The topological polar surface area (TPSA) is 102 Å². The molecular weight excluding hydrogens is 372 g/mol. The Balaban J connectivity index is 1.72. The van der Waals surface area contributed by atoms with Gasteiger partial charge < -0.3 is 15.4 Å². The van der Waals surface area contributed by atoms with E-state index in [1.54, 1.807) is 6.07 Å². The number of carbonyl (C=O) groups is 4. The van der Waals surface area contributed by atoms with Gasteiger partial charge in [0.15, 0.2) is 6.61 Å². The highest BCUT2D eigenvalue weighted by Crippen LogP contribution is 2.49. The minimum atomic E-state index is -0.669. The SMILES string of the molecule is CC(=O)Nc1ccc(C(=O)COC(=O)C2(c3ccccc3)CC2)c(NC(C)=O)c1. The molecule has 2 aromatic carbocycles. The molecule has 0 saturated heterocycles. The lowest BCUT2D eigenvalue weighted by molar-refractivity contribution is -0.145. The van der Waals surface area contributed by atoms with Crippen molar-refractivity contribution in [1.82, 2.24) is 0 Å². The van der Waals surface area contributed by atoms with E-state index in [2.05, 4.69) is 10.6 Å². The predicted octanol–water partition coefficient (Wildman–Crippen LogP) is 3.06. The lowest BCUT2D eigenvalue weighted by Gasteiger charge is -2.15. The minimum absolute atomic E-state index is 0.201. The van der Waals surface area contributed by atoms with Crippen molar-refractivity contribution in [2.24, 2.45) is 0 Å². The Morgan fingerprint density at radius 1 is 0.931 bits per heavy atom. The number of hydrogen-bond acceptors (Lipinski definition) is 5. The van der Waals surface area contributed by atoms with Gasteiger partial charge >= 0.3 is 5.97 Å². The second-order valence-electron chi connectivity index (χ2n) is 7.07. The molecule has 1 aliphatic carbocycles. The van der Waals surface area contributed by atoms with Crippen LogP contribution in [0.25, 0.3) is 0 Å². The molecule has 0 atom stereocenters. The maximum Gasteiger partial charge on any atom is 0.317 e. The summed E-state index contributed by atoms with van der Waals surface area (Å²) in [4.78, 5) is 48.0. The number of Topliss-reactive ketones (excluding diaryl/α,β-unsaturated/α-hetero) is 1. The lowest BCUT2D eigenvalue weighted by Crippen LogP contribution is -2.26. The monoisotopic (exact) mass is 394 g/mol. The van der Waals surface area contributed by atoms with E-state index in [1.807, 2.05) is 30.3 Å². The Kier molecular flexibility index (Phi) is 5.77. The quantitative estimate of drug-likeness (QED) is 0.555. The van der Waals surface area contributed by atoms with E-state index in [0.717, 1.165) is 5.56 Å². The molecule has 0 radical (unpaired) electrons. The fourth-order valence-corrected chi connectivity index (χ4v) is 3.20. The molecule has 0 heterocycles. The van der Waals surface area contributed by atoms with Crippen LogP contribution in [0.15, 0.2) is 48.5 Å². The van der Waals surface area contributed by atoms with Crippen molar-refractivity contribution >= 4 is 34.9 Å². The van der Waals surface area contributed by atoms with Crippen LogP contribution in [0.4, 0.5) is 11.4 Å². The Labute approximate surface area is 168 Å². The largest absolute Gasteiger partial charge is 0.457 e. The number of ketones is 1. The first-order chi connectivity index (χ1) is 13.8. The Bertz CT molecular complexity index is 964. The van der Waals surface area contributed by atoms with E-state index in [-0.39, 0.29) is 23.1 Å². The Morgan fingerprint density at radius 3 is 2.17 bits per heavy atom. The number of esters is 1. The van der Waals surface area contributed by atoms with E-state index >= 15 is 0 Å². The summed E-state index contributed by atoms with van der Waals surface area (Å²) < 4.78 is 5.32. The highest BCUT2D eigenvalue weighted by molar-refractivity contribution is 6.07. The Hall–Kier alpha value is -3.48. The van der Waals surface area contributed by atoms with Gasteiger partial charge in [0.1, 0.15) is 0 Å². The van der Waals surface area contributed by atoms with Gasteiger partial charge in [-0.05, 0) is 36.6 Å². The average molecular weight is 394 g/mol. The molecule has 3 rings (SSSR count). The summed E-state index contributed by atoms with van der Waals surface area (Å²) in [5.41, 5.74) is 1.10. The molecule has 1 aliphatic rings. The fraction of sp³-hybridized carbons (Fsp3) is 0.273. The summed E-state index contributed by atoms with van der Waals surface area (Å²) in [5, 5.41) is 5.17. The van der Waals surface area contributed by atoms with E-state index in [4.69, 9.17) is 4.74 Å². The molecule has 0 aliphatic heterocycles. The molecule has 2 aromatic rings. The van der Waals surface area contributed by atoms with Crippen LogP contribution in [0.5, 0.6) is 0 Å². The predicted molar refractivity (Wildman–Crippen MR) is 108 cm³/mol. The zero-order chi connectivity index (χ0) is 21.0. The van der Waals surface area contributed by atoms with Crippen molar-refractivity contribution in [3.63, 3.8) is 0 Å². The van der Waals surface area contributed by atoms with Gasteiger partial charge in [0.05, 0.1) is 11.1 Å². The van der Waals surface area contributed by atoms with Crippen molar-refractivity contribution in [3.05, 3.63) is 59.7 Å². The summed E-state index contributed by atoms with van der Waals surface area (Å²) in [7, 11) is 0. The summed E-state index contributed by atoms with van der Waals surface area (Å²) in [6.07, 6.45) is 1.37. The third-order valence-corrected chi connectivity index (χ3v) is 4.75. The summed E-state index contributed by atoms with van der Waals surface area (Å²) in [6, 6.07) is 13.9. The van der Waals surface area contributed by atoms with E-state index in [1.165, 1.54) is 26.0 Å². The van der Waals surface area contributed by atoms with E-state index in [9.17, 15) is 19.2 Å². The first kappa shape index (κ1) is 20.3. The van der Waals surface area contributed by atoms with Crippen molar-refractivity contribution in [1.29, 1.82) is 0 Å². The van der Waals surface area contributed by atoms with E-state index in [0.29, 0.717) is 18.5 Å². The second-order valence-corrected chi connectivity index (χ2v) is 7.07. The molecule has 150 valence electrons. The first-order valence-corrected chi connectivity index (χ1v) is 9.27. The van der Waals surface area contributed by atoms with Crippen molar-refractivity contribution < 1.29 is 23.9 Å². The molecule has 1 fully saturated rings. The normalized spacial score (nSPS) is 13.9.